The van der Waals surface area contributed by atoms with Crippen LogP contribution in [0.3, 0.4) is 0 Å². The maximum absolute atomic E-state index is 11.6. The average molecular weight is 229 g/mol. The molecule has 92 valence electrons. The molecule has 2 amide bonds. The molecule has 0 aromatic carbocycles. The molecular formula is C10H19N3O3. The summed E-state index contributed by atoms with van der Waals surface area (Å²) in [5.74, 6) is -0.560. The van der Waals surface area contributed by atoms with Gasteiger partial charge in [0.05, 0.1) is 6.10 Å². The molecule has 0 unspecified atom stereocenters. The van der Waals surface area contributed by atoms with Gasteiger partial charge >= 0.3 is 0 Å². The molecule has 0 aliphatic carbocycles. The van der Waals surface area contributed by atoms with Crippen LogP contribution in [-0.2, 0) is 9.59 Å². The first kappa shape index (κ1) is 12.9. The lowest BCUT2D eigenvalue weighted by Gasteiger charge is -2.30. The second-order valence-electron chi connectivity index (χ2n) is 4.07. The van der Waals surface area contributed by atoms with Gasteiger partial charge in [-0.3, -0.25) is 9.59 Å². The van der Waals surface area contributed by atoms with Crippen LogP contribution in [0.5, 0.6) is 0 Å². The molecule has 1 aliphatic rings. The third-order valence-electron chi connectivity index (χ3n) is 2.64. The molecule has 1 saturated heterocycles. The lowest BCUT2D eigenvalue weighted by molar-refractivity contribution is -0.139. The molecule has 1 rings (SSSR count). The summed E-state index contributed by atoms with van der Waals surface area (Å²) in [5, 5.41) is 14.4. The summed E-state index contributed by atoms with van der Waals surface area (Å²) in [5.41, 5.74) is 5.35. The number of unbranched alkanes of at least 4 members (excludes halogenated alkanes) is 1. The summed E-state index contributed by atoms with van der Waals surface area (Å²) in [6, 6.07) is -1.33. The van der Waals surface area contributed by atoms with Gasteiger partial charge in [0.15, 0.2) is 0 Å². The van der Waals surface area contributed by atoms with Gasteiger partial charge in [0, 0.05) is 0 Å². The molecule has 1 fully saturated rings. The first-order valence-electron chi connectivity index (χ1n) is 5.55. The van der Waals surface area contributed by atoms with E-state index in [0.717, 1.165) is 12.8 Å². The highest BCUT2D eigenvalue weighted by Crippen LogP contribution is 2.07. The van der Waals surface area contributed by atoms with E-state index in [1.165, 1.54) is 6.92 Å². The maximum atomic E-state index is 11.6. The van der Waals surface area contributed by atoms with E-state index in [9.17, 15) is 14.7 Å². The van der Waals surface area contributed by atoms with Gasteiger partial charge in [-0.1, -0.05) is 0 Å². The number of hydrogen-bond donors (Lipinski definition) is 4. The minimum absolute atomic E-state index is 0.234. The normalized spacial score (nSPS) is 27.2. The Labute approximate surface area is 94.6 Å². The summed E-state index contributed by atoms with van der Waals surface area (Å²) in [4.78, 5) is 23.1. The van der Waals surface area contributed by atoms with Gasteiger partial charge in [0.2, 0.25) is 11.8 Å². The Morgan fingerprint density at radius 3 is 2.56 bits per heavy atom. The fourth-order valence-electron chi connectivity index (χ4n) is 1.68. The van der Waals surface area contributed by atoms with E-state index in [0.29, 0.717) is 13.0 Å². The van der Waals surface area contributed by atoms with Crippen LogP contribution in [0.15, 0.2) is 0 Å². The van der Waals surface area contributed by atoms with Crippen LogP contribution in [0, 0.1) is 0 Å². The zero-order chi connectivity index (χ0) is 12.1. The molecule has 0 radical (unpaired) electrons. The fraction of sp³-hybridized carbons (Fsp3) is 0.800. The predicted octanol–water partition coefficient (Wildman–Crippen LogP) is -1.52. The van der Waals surface area contributed by atoms with Crippen molar-refractivity contribution in [3.63, 3.8) is 0 Å². The van der Waals surface area contributed by atoms with Crippen molar-refractivity contribution in [2.45, 2.75) is 44.4 Å². The SMILES string of the molecule is C[C@H](O)[C@@H]1NC(=O)[C@H](CCCCN)NC1=O. The van der Waals surface area contributed by atoms with Gasteiger partial charge in [-0.25, -0.2) is 0 Å². The highest BCUT2D eigenvalue weighted by atomic mass is 16.3. The minimum atomic E-state index is -0.881. The van der Waals surface area contributed by atoms with Gasteiger partial charge in [0.1, 0.15) is 12.1 Å². The smallest absolute Gasteiger partial charge is 0.245 e. The van der Waals surface area contributed by atoms with Gasteiger partial charge in [-0.15, -0.1) is 0 Å². The summed E-state index contributed by atoms with van der Waals surface area (Å²) >= 11 is 0. The third-order valence-corrected chi connectivity index (χ3v) is 2.64. The van der Waals surface area contributed by atoms with Gasteiger partial charge in [-0.2, -0.15) is 0 Å². The number of rotatable bonds is 5. The standard InChI is InChI=1S/C10H19N3O3/c1-6(14)8-10(16)12-7(9(15)13-8)4-2-3-5-11/h6-8,14H,2-5,11H2,1H3,(H,12,16)(H,13,15)/t6-,7-,8-/m0/s1. The molecule has 0 spiro atoms. The van der Waals surface area contributed by atoms with E-state index < -0.39 is 18.2 Å². The van der Waals surface area contributed by atoms with Crippen LogP contribution in [0.4, 0.5) is 0 Å². The fourth-order valence-corrected chi connectivity index (χ4v) is 1.68. The topological polar surface area (TPSA) is 104 Å². The van der Waals surface area contributed by atoms with E-state index in [2.05, 4.69) is 10.6 Å². The maximum Gasteiger partial charge on any atom is 0.245 e. The van der Waals surface area contributed by atoms with Crippen molar-refractivity contribution in [1.82, 2.24) is 10.6 Å². The molecule has 6 heteroatoms. The van der Waals surface area contributed by atoms with E-state index in [4.69, 9.17) is 5.73 Å². The van der Waals surface area contributed by atoms with Gasteiger partial charge in [0.25, 0.3) is 0 Å². The molecule has 5 N–H and O–H groups in total. The Bertz CT molecular complexity index is 268. The molecular weight excluding hydrogens is 210 g/mol. The zero-order valence-electron chi connectivity index (χ0n) is 9.40. The van der Waals surface area contributed by atoms with E-state index in [1.54, 1.807) is 0 Å². The van der Waals surface area contributed by atoms with Crippen molar-refractivity contribution >= 4 is 11.8 Å². The van der Waals surface area contributed by atoms with E-state index in [-0.39, 0.29) is 11.8 Å². The molecule has 0 aromatic rings. The number of carbonyl (C=O) groups excluding carboxylic acids is 2. The van der Waals surface area contributed by atoms with E-state index in [1.807, 2.05) is 0 Å². The summed E-state index contributed by atoms with van der Waals surface area (Å²) in [6.07, 6.45) is 1.34. The summed E-state index contributed by atoms with van der Waals surface area (Å²) in [6.45, 7) is 2.05. The van der Waals surface area contributed by atoms with Gasteiger partial charge < -0.3 is 21.5 Å². The monoisotopic (exact) mass is 229 g/mol. The van der Waals surface area contributed by atoms with Crippen LogP contribution < -0.4 is 16.4 Å². The second-order valence-corrected chi connectivity index (χ2v) is 4.07. The Balaban J connectivity index is 2.47. The van der Waals surface area contributed by atoms with Crippen molar-refractivity contribution < 1.29 is 14.7 Å². The van der Waals surface area contributed by atoms with E-state index >= 15 is 0 Å². The minimum Gasteiger partial charge on any atom is -0.391 e. The highest BCUT2D eigenvalue weighted by Gasteiger charge is 2.35. The van der Waals surface area contributed by atoms with Crippen LogP contribution in [-0.4, -0.2) is 41.7 Å². The highest BCUT2D eigenvalue weighted by molar-refractivity contribution is 5.97. The first-order chi connectivity index (χ1) is 7.56. The second kappa shape index (κ2) is 5.81. The average Bonchev–Trinajstić information content (AvgIpc) is 2.22. The number of piperazine rings is 1. The molecule has 16 heavy (non-hydrogen) atoms. The van der Waals surface area contributed by atoms with Crippen LogP contribution in [0.2, 0.25) is 0 Å². The Hall–Kier alpha value is -1.14. The largest absolute Gasteiger partial charge is 0.391 e. The lowest BCUT2D eigenvalue weighted by atomic mass is 10.0. The third kappa shape index (κ3) is 3.18. The molecule has 3 atom stereocenters. The molecule has 0 bridgehead atoms. The van der Waals surface area contributed by atoms with Crippen LogP contribution in [0.25, 0.3) is 0 Å². The number of hydrogen-bond acceptors (Lipinski definition) is 4. The molecule has 0 saturated carbocycles. The number of carbonyl (C=O) groups is 2. The van der Waals surface area contributed by atoms with Crippen molar-refractivity contribution in [1.29, 1.82) is 0 Å². The van der Waals surface area contributed by atoms with Crippen molar-refractivity contribution in [2.75, 3.05) is 6.54 Å². The molecule has 1 aliphatic heterocycles. The molecule has 6 nitrogen and oxygen atoms in total. The first-order valence-corrected chi connectivity index (χ1v) is 5.55. The summed E-state index contributed by atoms with van der Waals surface area (Å²) < 4.78 is 0. The number of amides is 2. The lowest BCUT2D eigenvalue weighted by Crippen LogP contribution is -2.64. The Kier molecular flexibility index (Phi) is 4.70. The van der Waals surface area contributed by atoms with Crippen LogP contribution in [0.1, 0.15) is 26.2 Å². The number of aliphatic hydroxyl groups is 1. The zero-order valence-corrected chi connectivity index (χ0v) is 9.40. The predicted molar refractivity (Wildman–Crippen MR) is 58.4 cm³/mol. The Morgan fingerprint density at radius 2 is 2.00 bits per heavy atom. The summed E-state index contributed by atoms with van der Waals surface area (Å²) in [7, 11) is 0. The quantitative estimate of drug-likeness (QED) is 0.430. The molecule has 1 heterocycles. The number of nitrogens with one attached hydrogen (secondary N) is 2. The number of aliphatic hydroxyl groups excluding tert-OH is 1. The van der Waals surface area contributed by atoms with Crippen LogP contribution >= 0.6 is 0 Å². The van der Waals surface area contributed by atoms with Gasteiger partial charge in [-0.05, 0) is 32.7 Å². The van der Waals surface area contributed by atoms with Crippen molar-refractivity contribution in [2.24, 2.45) is 5.73 Å². The van der Waals surface area contributed by atoms with Crippen molar-refractivity contribution in [3.8, 4) is 0 Å². The number of nitrogens with two attached hydrogens (primary N) is 1. The van der Waals surface area contributed by atoms with Crippen molar-refractivity contribution in [3.05, 3.63) is 0 Å². The molecule has 0 aromatic heterocycles. The Morgan fingerprint density at radius 1 is 1.31 bits per heavy atom.